The molecule has 0 unspecified atom stereocenters. The van der Waals surface area contributed by atoms with E-state index in [-0.39, 0.29) is 19.6 Å². The van der Waals surface area contributed by atoms with Crippen LogP contribution < -0.4 is 0 Å². The number of rotatable bonds is 45. The predicted octanol–water partition coefficient (Wildman–Crippen LogP) is 11.6. The molecule has 10 nitrogen and oxygen atoms in total. The van der Waals surface area contributed by atoms with Gasteiger partial charge in [-0.15, -0.1) is 0 Å². The Bertz CT molecular complexity index is 939. The molecule has 0 aromatic heterocycles. The number of aliphatic hydroxyl groups excluding tert-OH is 5. The number of hydrogen-bond acceptors (Lipinski definition) is 10. The highest BCUT2D eigenvalue weighted by atomic mass is 16.7. The van der Waals surface area contributed by atoms with Crippen molar-refractivity contribution in [1.29, 1.82) is 0 Å². The molecule has 8 atom stereocenters. The Morgan fingerprint density at radius 2 is 0.869 bits per heavy atom. The molecule has 1 saturated heterocycles. The van der Waals surface area contributed by atoms with Crippen LogP contribution >= 0.6 is 0 Å². The first kappa shape index (κ1) is 58.2. The van der Waals surface area contributed by atoms with Crippen LogP contribution in [-0.2, 0) is 23.7 Å². The number of methoxy groups -OCH3 is 1. The van der Waals surface area contributed by atoms with Crippen molar-refractivity contribution in [2.45, 2.75) is 300 Å². The minimum atomic E-state index is -1.57. The number of hydrogen-bond donors (Lipinski definition) is 5. The van der Waals surface area contributed by atoms with Crippen LogP contribution in [-0.4, -0.2) is 101 Å². The summed E-state index contributed by atoms with van der Waals surface area (Å²) in [7, 11) is 1.43. The molecule has 0 bridgehead atoms. The van der Waals surface area contributed by atoms with Gasteiger partial charge in [-0.05, 0) is 12.8 Å². The molecule has 0 amide bonds. The lowest BCUT2D eigenvalue weighted by atomic mass is 9.99. The lowest BCUT2D eigenvalue weighted by Crippen LogP contribution is -2.59. The molecule has 1 rings (SSSR count). The van der Waals surface area contributed by atoms with Crippen LogP contribution in [0.1, 0.15) is 251 Å². The van der Waals surface area contributed by atoms with Crippen LogP contribution in [0, 0.1) is 0 Å². The first-order chi connectivity index (χ1) is 29.8. The zero-order valence-corrected chi connectivity index (χ0v) is 40.0. The van der Waals surface area contributed by atoms with Gasteiger partial charge < -0.3 is 44.5 Å². The normalized spacial score (nSPS) is 20.8. The van der Waals surface area contributed by atoms with Crippen molar-refractivity contribution >= 4 is 5.97 Å². The Kier molecular flexibility index (Phi) is 39.9. The fourth-order valence-corrected chi connectivity index (χ4v) is 8.64. The second kappa shape index (κ2) is 41.8. The summed E-state index contributed by atoms with van der Waals surface area (Å²) in [6.07, 6.45) is 34.3. The van der Waals surface area contributed by atoms with Crippen molar-refractivity contribution in [3.63, 3.8) is 0 Å². The molecule has 0 saturated carbocycles. The van der Waals surface area contributed by atoms with E-state index in [1.807, 2.05) is 0 Å². The Hall–Kier alpha value is -0.850. The highest BCUT2D eigenvalue weighted by Crippen LogP contribution is 2.24. The summed E-state index contributed by atoms with van der Waals surface area (Å²) in [6, 6.07) is 0. The molecule has 10 heteroatoms. The van der Waals surface area contributed by atoms with Gasteiger partial charge in [0.2, 0.25) is 0 Å². The molecule has 1 fully saturated rings. The maximum atomic E-state index is 13.0. The van der Waals surface area contributed by atoms with Gasteiger partial charge in [0.1, 0.15) is 30.5 Å². The van der Waals surface area contributed by atoms with Crippen LogP contribution in [0.3, 0.4) is 0 Å². The Morgan fingerprint density at radius 3 is 1.25 bits per heavy atom. The zero-order chi connectivity index (χ0) is 44.6. The first-order valence-corrected chi connectivity index (χ1v) is 26.1. The molecule has 1 heterocycles. The van der Waals surface area contributed by atoms with Crippen LogP contribution in [0.2, 0.25) is 0 Å². The molecule has 0 spiro atoms. The smallest absolute Gasteiger partial charge is 0.306 e. The van der Waals surface area contributed by atoms with Crippen molar-refractivity contribution in [3.05, 3.63) is 0 Å². The third-order valence-corrected chi connectivity index (χ3v) is 12.8. The van der Waals surface area contributed by atoms with Gasteiger partial charge in [0, 0.05) is 13.5 Å². The van der Waals surface area contributed by atoms with Crippen LogP contribution in [0.5, 0.6) is 0 Å². The summed E-state index contributed by atoms with van der Waals surface area (Å²) >= 11 is 0. The molecule has 0 aromatic carbocycles. The molecule has 5 N–H and O–H groups in total. The quantitative estimate of drug-likeness (QED) is 0.0295. The second-order valence-electron chi connectivity index (χ2n) is 18.6. The maximum Gasteiger partial charge on any atom is 0.306 e. The highest BCUT2D eigenvalue weighted by Gasteiger charge is 2.45. The highest BCUT2D eigenvalue weighted by molar-refractivity contribution is 5.69. The fourth-order valence-electron chi connectivity index (χ4n) is 8.64. The minimum Gasteiger partial charge on any atom is -0.457 e. The minimum absolute atomic E-state index is 0.0385. The number of carbonyl (C=O) groups is 1. The lowest BCUT2D eigenvalue weighted by molar-refractivity contribution is -0.307. The van der Waals surface area contributed by atoms with E-state index in [4.69, 9.17) is 18.9 Å². The summed E-state index contributed by atoms with van der Waals surface area (Å²) in [6.45, 7) is 4.12. The van der Waals surface area contributed by atoms with E-state index in [2.05, 4.69) is 13.8 Å². The molecule has 364 valence electrons. The Morgan fingerprint density at radius 1 is 0.508 bits per heavy atom. The van der Waals surface area contributed by atoms with Gasteiger partial charge in [-0.3, -0.25) is 4.79 Å². The third-order valence-electron chi connectivity index (χ3n) is 12.8. The molecule has 0 aromatic rings. The van der Waals surface area contributed by atoms with Gasteiger partial charge in [0.25, 0.3) is 0 Å². The second-order valence-corrected chi connectivity index (χ2v) is 18.6. The molecule has 61 heavy (non-hydrogen) atoms. The summed E-state index contributed by atoms with van der Waals surface area (Å²) < 4.78 is 22.2. The van der Waals surface area contributed by atoms with Crippen molar-refractivity contribution in [1.82, 2.24) is 0 Å². The number of unbranched alkanes of at least 4 members (excludes halogenated alkanes) is 33. The third kappa shape index (κ3) is 31.6. The topological polar surface area (TPSA) is 155 Å². The average Bonchev–Trinajstić information content (AvgIpc) is 3.25. The van der Waals surface area contributed by atoms with E-state index in [9.17, 15) is 30.3 Å². The lowest BCUT2D eigenvalue weighted by Gasteiger charge is -2.40. The maximum absolute atomic E-state index is 13.0. The van der Waals surface area contributed by atoms with Crippen LogP contribution in [0.25, 0.3) is 0 Å². The Balaban J connectivity index is 2.30. The van der Waals surface area contributed by atoms with Gasteiger partial charge >= 0.3 is 5.97 Å². The average molecular weight is 873 g/mol. The van der Waals surface area contributed by atoms with Crippen molar-refractivity contribution in [2.75, 3.05) is 20.3 Å². The van der Waals surface area contributed by atoms with Gasteiger partial charge in [0.15, 0.2) is 12.4 Å². The van der Waals surface area contributed by atoms with Gasteiger partial charge in [0.05, 0.1) is 19.3 Å². The first-order valence-electron chi connectivity index (χ1n) is 26.1. The summed E-state index contributed by atoms with van der Waals surface area (Å²) in [4.78, 5) is 13.0. The summed E-state index contributed by atoms with van der Waals surface area (Å²) in [5.74, 6) is -0.480. The number of carbonyl (C=O) groups excluding carboxylic acids is 1. The van der Waals surface area contributed by atoms with Gasteiger partial charge in [-0.25, -0.2) is 0 Å². The molecule has 0 radical (unpaired) electrons. The molecule has 1 aliphatic heterocycles. The van der Waals surface area contributed by atoms with Crippen molar-refractivity contribution in [2.24, 2.45) is 0 Å². The van der Waals surface area contributed by atoms with E-state index in [0.717, 1.165) is 44.9 Å². The number of esters is 1. The molecular weight excluding hydrogens is 773 g/mol. The van der Waals surface area contributed by atoms with Crippen LogP contribution in [0.4, 0.5) is 0 Å². The van der Waals surface area contributed by atoms with Crippen molar-refractivity contribution < 1.29 is 49.3 Å². The zero-order valence-electron chi connectivity index (χ0n) is 40.0. The summed E-state index contributed by atoms with van der Waals surface area (Å²) in [5, 5.41) is 53.3. The summed E-state index contributed by atoms with van der Waals surface area (Å²) in [5.41, 5.74) is 0. The molecule has 0 aliphatic carbocycles. The standard InChI is InChI=1S/C51H100O10/c1-4-6-8-10-12-14-16-18-19-20-21-22-23-24-25-26-27-28-30-32-34-36-38-40-46(53)60-45(42-59-51-50(57)49(56)48(55)44(61-51)41-58-3)47(54)43(52)39-37-35-33-31-29-17-15-13-11-9-7-5-2/h43-45,47-52,54-57H,4-42H2,1-3H3/t43-,44-,45+,47-,48+,49+,50-,51+/m1/s1. The number of ether oxygens (including phenoxy) is 4. The molecular formula is C51H100O10. The monoisotopic (exact) mass is 873 g/mol. The van der Waals surface area contributed by atoms with E-state index >= 15 is 0 Å². The molecule has 1 aliphatic rings. The van der Waals surface area contributed by atoms with Gasteiger partial charge in [-0.1, -0.05) is 232 Å². The van der Waals surface area contributed by atoms with Crippen molar-refractivity contribution in [3.8, 4) is 0 Å². The van der Waals surface area contributed by atoms with E-state index in [1.165, 1.54) is 180 Å². The fraction of sp³-hybridized carbons (Fsp3) is 0.980. The van der Waals surface area contributed by atoms with Crippen LogP contribution in [0.15, 0.2) is 0 Å². The predicted molar refractivity (Wildman–Crippen MR) is 249 cm³/mol. The van der Waals surface area contributed by atoms with E-state index < -0.39 is 55.0 Å². The largest absolute Gasteiger partial charge is 0.457 e. The number of aliphatic hydroxyl groups is 5. The van der Waals surface area contributed by atoms with E-state index in [1.54, 1.807) is 0 Å². The van der Waals surface area contributed by atoms with E-state index in [0.29, 0.717) is 12.8 Å². The SMILES string of the molecule is CCCCCCCCCCCCCCCCCCCCCCCCCC(=O)O[C@@H](CO[C@H]1O[C@H](COC)[C@H](O)[C@H](O)[C@H]1O)[C@H](O)[C@H](O)CCCCCCCCCCCCCC. The Labute approximate surface area is 375 Å². The van der Waals surface area contributed by atoms with Gasteiger partial charge in [-0.2, -0.15) is 0 Å².